The van der Waals surface area contributed by atoms with Gasteiger partial charge in [0.25, 0.3) is 0 Å². The van der Waals surface area contributed by atoms with Crippen LogP contribution in [0.5, 0.6) is 0 Å². The van der Waals surface area contributed by atoms with Crippen molar-refractivity contribution in [3.05, 3.63) is 0 Å². The molecular formula is C15H28N2O2. The summed E-state index contributed by atoms with van der Waals surface area (Å²) in [5.41, 5.74) is 0.0432. The molecule has 2 unspecified atom stereocenters. The van der Waals surface area contributed by atoms with Crippen LogP contribution in [0.2, 0.25) is 0 Å². The highest BCUT2D eigenvalue weighted by Crippen LogP contribution is 2.31. The van der Waals surface area contributed by atoms with Crippen molar-refractivity contribution in [2.45, 2.75) is 75.5 Å². The largest absolute Gasteiger partial charge is 0.381 e. The maximum atomic E-state index is 12.2. The predicted octanol–water partition coefficient (Wildman–Crippen LogP) is 1.98. The van der Waals surface area contributed by atoms with E-state index >= 15 is 0 Å². The van der Waals surface area contributed by atoms with Crippen LogP contribution in [0.4, 0.5) is 0 Å². The van der Waals surface area contributed by atoms with Crippen molar-refractivity contribution < 1.29 is 9.53 Å². The van der Waals surface area contributed by atoms with Crippen molar-refractivity contribution in [3.63, 3.8) is 0 Å². The monoisotopic (exact) mass is 268 g/mol. The Labute approximate surface area is 116 Å². The molecule has 0 spiro atoms. The van der Waals surface area contributed by atoms with E-state index in [1.54, 1.807) is 7.11 Å². The summed E-state index contributed by atoms with van der Waals surface area (Å²) in [6.07, 6.45) is 10.1. The third-order valence-electron chi connectivity index (χ3n) is 4.92. The van der Waals surface area contributed by atoms with Crippen molar-refractivity contribution in [3.8, 4) is 0 Å². The average molecular weight is 268 g/mol. The Bertz CT molecular complexity index is 301. The van der Waals surface area contributed by atoms with Crippen LogP contribution in [0.3, 0.4) is 0 Å². The topological polar surface area (TPSA) is 50.4 Å². The van der Waals surface area contributed by atoms with E-state index in [9.17, 15) is 4.79 Å². The van der Waals surface area contributed by atoms with Gasteiger partial charge in [-0.05, 0) is 39.2 Å². The van der Waals surface area contributed by atoms with Crippen molar-refractivity contribution >= 4 is 5.91 Å². The maximum Gasteiger partial charge on any atom is 0.222 e. The number of methoxy groups -OCH3 is 1. The molecule has 2 aliphatic carbocycles. The highest BCUT2D eigenvalue weighted by Gasteiger charge is 2.34. The zero-order valence-corrected chi connectivity index (χ0v) is 12.3. The second-order valence-electron chi connectivity index (χ2n) is 6.20. The summed E-state index contributed by atoms with van der Waals surface area (Å²) >= 11 is 0. The molecular weight excluding hydrogens is 240 g/mol. The number of hydrogen-bond donors (Lipinski definition) is 2. The van der Waals surface area contributed by atoms with Crippen molar-refractivity contribution in [2.75, 3.05) is 14.2 Å². The van der Waals surface area contributed by atoms with Gasteiger partial charge in [0.05, 0.1) is 6.10 Å². The molecule has 0 aromatic heterocycles. The van der Waals surface area contributed by atoms with Crippen LogP contribution in [0, 0.1) is 0 Å². The van der Waals surface area contributed by atoms with E-state index in [1.807, 2.05) is 7.05 Å². The van der Waals surface area contributed by atoms with Crippen molar-refractivity contribution in [1.82, 2.24) is 10.6 Å². The van der Waals surface area contributed by atoms with Crippen LogP contribution >= 0.6 is 0 Å². The van der Waals surface area contributed by atoms with Gasteiger partial charge in [0.2, 0.25) is 5.91 Å². The van der Waals surface area contributed by atoms with E-state index in [2.05, 4.69) is 10.6 Å². The van der Waals surface area contributed by atoms with E-state index in [0.717, 1.165) is 32.1 Å². The van der Waals surface area contributed by atoms with E-state index in [-0.39, 0.29) is 11.4 Å². The van der Waals surface area contributed by atoms with Gasteiger partial charge >= 0.3 is 0 Å². The molecule has 2 rings (SSSR count). The first-order valence-corrected chi connectivity index (χ1v) is 7.68. The van der Waals surface area contributed by atoms with E-state index in [0.29, 0.717) is 18.6 Å². The third-order valence-corrected chi connectivity index (χ3v) is 4.92. The van der Waals surface area contributed by atoms with Crippen LogP contribution in [0.15, 0.2) is 0 Å². The zero-order valence-electron chi connectivity index (χ0n) is 12.3. The minimum absolute atomic E-state index is 0.0432. The number of hydrogen-bond acceptors (Lipinski definition) is 3. The number of ether oxygens (including phenoxy) is 1. The van der Waals surface area contributed by atoms with Crippen LogP contribution in [0.1, 0.15) is 57.8 Å². The van der Waals surface area contributed by atoms with Gasteiger partial charge in [0.15, 0.2) is 0 Å². The summed E-state index contributed by atoms with van der Waals surface area (Å²) in [6.45, 7) is 0. The minimum atomic E-state index is 0.0432. The minimum Gasteiger partial charge on any atom is -0.381 e. The molecule has 110 valence electrons. The Hall–Kier alpha value is -0.610. The highest BCUT2D eigenvalue weighted by atomic mass is 16.5. The second-order valence-corrected chi connectivity index (χ2v) is 6.20. The van der Waals surface area contributed by atoms with E-state index in [4.69, 9.17) is 4.74 Å². The van der Waals surface area contributed by atoms with Gasteiger partial charge in [0, 0.05) is 25.1 Å². The Morgan fingerprint density at radius 3 is 2.58 bits per heavy atom. The summed E-state index contributed by atoms with van der Waals surface area (Å²) in [6, 6.07) is 0.315. The van der Waals surface area contributed by atoms with Gasteiger partial charge in [-0.25, -0.2) is 0 Å². The number of amides is 1. The number of carbonyl (C=O) groups excluding carboxylic acids is 1. The highest BCUT2D eigenvalue weighted by molar-refractivity contribution is 5.77. The molecule has 0 aliphatic heterocycles. The van der Waals surface area contributed by atoms with Gasteiger partial charge in [-0.15, -0.1) is 0 Å². The molecule has 2 saturated carbocycles. The molecule has 0 heterocycles. The quantitative estimate of drug-likeness (QED) is 0.801. The fourth-order valence-corrected chi connectivity index (χ4v) is 3.62. The first-order valence-electron chi connectivity index (χ1n) is 7.68. The summed E-state index contributed by atoms with van der Waals surface area (Å²) in [4.78, 5) is 12.2. The molecule has 0 radical (unpaired) electrons. The standard InChI is InChI=1S/C15H28N2O2/c1-16-15(8-4-3-5-9-15)11-14(18)17-12-6-7-13(10-12)19-2/h12-13,16H,3-11H2,1-2H3,(H,17,18). The number of carbonyl (C=O) groups is 1. The molecule has 19 heavy (non-hydrogen) atoms. The molecule has 4 heteroatoms. The lowest BCUT2D eigenvalue weighted by molar-refractivity contribution is -0.123. The Balaban J connectivity index is 1.80. The van der Waals surface area contributed by atoms with Crippen molar-refractivity contribution in [2.24, 2.45) is 0 Å². The molecule has 2 aliphatic rings. The predicted molar refractivity (Wildman–Crippen MR) is 76.1 cm³/mol. The Kier molecular flexibility index (Phi) is 5.22. The smallest absolute Gasteiger partial charge is 0.222 e. The lowest BCUT2D eigenvalue weighted by Gasteiger charge is -2.37. The maximum absolute atomic E-state index is 12.2. The SMILES string of the molecule is CNC1(CC(=O)NC2CCC(OC)C2)CCCCC1. The summed E-state index contributed by atoms with van der Waals surface area (Å²) < 4.78 is 5.35. The van der Waals surface area contributed by atoms with Gasteiger partial charge in [0.1, 0.15) is 0 Å². The molecule has 1 amide bonds. The van der Waals surface area contributed by atoms with Gasteiger partial charge < -0.3 is 15.4 Å². The third kappa shape index (κ3) is 3.93. The molecule has 2 fully saturated rings. The van der Waals surface area contributed by atoms with Crippen LogP contribution in [-0.4, -0.2) is 37.7 Å². The number of nitrogens with one attached hydrogen (secondary N) is 2. The van der Waals surface area contributed by atoms with Crippen LogP contribution in [-0.2, 0) is 9.53 Å². The molecule has 0 saturated heterocycles. The summed E-state index contributed by atoms with van der Waals surface area (Å²) in [7, 11) is 3.75. The first-order chi connectivity index (χ1) is 9.17. The molecule has 0 bridgehead atoms. The Morgan fingerprint density at radius 1 is 1.26 bits per heavy atom. The molecule has 2 N–H and O–H groups in total. The lowest BCUT2D eigenvalue weighted by Crippen LogP contribution is -2.49. The van der Waals surface area contributed by atoms with Crippen molar-refractivity contribution in [1.29, 1.82) is 0 Å². The number of rotatable bonds is 5. The zero-order chi connectivity index (χ0) is 13.7. The van der Waals surface area contributed by atoms with Crippen LogP contribution in [0.25, 0.3) is 0 Å². The average Bonchev–Trinajstić information content (AvgIpc) is 2.87. The molecule has 0 aromatic carbocycles. The molecule has 2 atom stereocenters. The van der Waals surface area contributed by atoms with E-state index < -0.39 is 0 Å². The van der Waals surface area contributed by atoms with Crippen LogP contribution < -0.4 is 10.6 Å². The first kappa shape index (κ1) is 14.8. The van der Waals surface area contributed by atoms with Gasteiger partial charge in [-0.3, -0.25) is 4.79 Å². The molecule has 0 aromatic rings. The lowest BCUT2D eigenvalue weighted by atomic mass is 9.79. The Morgan fingerprint density at radius 2 is 2.00 bits per heavy atom. The molecule has 4 nitrogen and oxygen atoms in total. The fourth-order valence-electron chi connectivity index (χ4n) is 3.62. The second kappa shape index (κ2) is 6.71. The van der Waals surface area contributed by atoms with E-state index in [1.165, 1.54) is 19.3 Å². The summed E-state index contributed by atoms with van der Waals surface area (Å²) in [5, 5.41) is 6.60. The van der Waals surface area contributed by atoms with Gasteiger partial charge in [-0.1, -0.05) is 19.3 Å². The fraction of sp³-hybridized carbons (Fsp3) is 0.933. The normalized spacial score (nSPS) is 30.2. The summed E-state index contributed by atoms with van der Waals surface area (Å²) in [5.74, 6) is 0.206. The van der Waals surface area contributed by atoms with Gasteiger partial charge in [-0.2, -0.15) is 0 Å².